The summed E-state index contributed by atoms with van der Waals surface area (Å²) in [4.78, 5) is 11.2. The van der Waals surface area contributed by atoms with Crippen LogP contribution in [0.15, 0.2) is 53.4 Å². The van der Waals surface area contributed by atoms with Gasteiger partial charge in [-0.1, -0.05) is 41.9 Å². The number of hydrogen-bond acceptors (Lipinski definition) is 4. The van der Waals surface area contributed by atoms with Gasteiger partial charge in [0.05, 0.1) is 28.2 Å². The second-order valence-electron chi connectivity index (χ2n) is 6.37. The van der Waals surface area contributed by atoms with Crippen molar-refractivity contribution in [2.45, 2.75) is 30.4 Å². The largest absolute Gasteiger partial charge is 0.478 e. The maximum absolute atomic E-state index is 12.9. The number of halogens is 1. The summed E-state index contributed by atoms with van der Waals surface area (Å²) in [5.41, 5.74) is 0.799. The molecule has 2 aromatic carbocycles. The van der Waals surface area contributed by atoms with Crippen molar-refractivity contribution in [3.05, 3.63) is 64.7 Å². The zero-order chi connectivity index (χ0) is 19.4. The fraction of sp³-hybridized carbons (Fsp3) is 0.316. The first-order valence-electron chi connectivity index (χ1n) is 8.56. The van der Waals surface area contributed by atoms with E-state index in [4.69, 9.17) is 16.3 Å². The van der Waals surface area contributed by atoms with Gasteiger partial charge < -0.3 is 9.84 Å². The van der Waals surface area contributed by atoms with Crippen molar-refractivity contribution < 1.29 is 23.1 Å². The van der Waals surface area contributed by atoms with Crippen LogP contribution in [0.25, 0.3) is 0 Å². The second kappa shape index (κ2) is 8.39. The first-order chi connectivity index (χ1) is 12.9. The molecule has 2 aromatic rings. The van der Waals surface area contributed by atoms with E-state index in [0.29, 0.717) is 19.6 Å². The minimum Gasteiger partial charge on any atom is -0.478 e. The van der Waals surface area contributed by atoms with Gasteiger partial charge in [-0.25, -0.2) is 13.2 Å². The molecule has 1 aliphatic heterocycles. The van der Waals surface area contributed by atoms with Crippen molar-refractivity contribution in [2.75, 3.05) is 13.1 Å². The van der Waals surface area contributed by atoms with Crippen LogP contribution in [0.3, 0.4) is 0 Å². The number of ether oxygens (including phenoxy) is 1. The molecular weight excluding hydrogens is 390 g/mol. The lowest BCUT2D eigenvalue weighted by Crippen LogP contribution is -2.43. The molecule has 144 valence electrons. The van der Waals surface area contributed by atoms with E-state index in [-0.39, 0.29) is 28.1 Å². The molecule has 27 heavy (non-hydrogen) atoms. The third-order valence-electron chi connectivity index (χ3n) is 4.48. The number of piperidine rings is 1. The van der Waals surface area contributed by atoms with E-state index in [1.54, 1.807) is 0 Å². The quantitative estimate of drug-likeness (QED) is 0.790. The summed E-state index contributed by atoms with van der Waals surface area (Å²) in [6, 6.07) is 13.4. The maximum Gasteiger partial charge on any atom is 0.337 e. The van der Waals surface area contributed by atoms with Gasteiger partial charge in [-0.05, 0) is 36.6 Å². The molecule has 1 fully saturated rings. The van der Waals surface area contributed by atoms with Gasteiger partial charge >= 0.3 is 5.97 Å². The van der Waals surface area contributed by atoms with Crippen LogP contribution in [0.4, 0.5) is 0 Å². The molecule has 0 spiro atoms. The van der Waals surface area contributed by atoms with Crippen molar-refractivity contribution in [3.8, 4) is 0 Å². The maximum atomic E-state index is 12.9. The number of benzene rings is 2. The van der Waals surface area contributed by atoms with Gasteiger partial charge in [0.15, 0.2) is 0 Å². The summed E-state index contributed by atoms with van der Waals surface area (Å²) in [6.07, 6.45) is 1.25. The molecule has 0 saturated carbocycles. The molecule has 6 nitrogen and oxygen atoms in total. The van der Waals surface area contributed by atoms with Crippen LogP contribution < -0.4 is 0 Å². The molecule has 1 aliphatic rings. The molecule has 3 rings (SSSR count). The minimum absolute atomic E-state index is 0.00386. The van der Waals surface area contributed by atoms with Crippen molar-refractivity contribution in [1.82, 2.24) is 4.31 Å². The summed E-state index contributed by atoms with van der Waals surface area (Å²) < 4.78 is 33.1. The Morgan fingerprint density at radius 2 is 1.96 bits per heavy atom. The van der Waals surface area contributed by atoms with Crippen LogP contribution in [-0.2, 0) is 21.4 Å². The number of aromatic carboxylic acids is 1. The van der Waals surface area contributed by atoms with E-state index in [1.165, 1.54) is 16.4 Å². The fourth-order valence-corrected chi connectivity index (χ4v) is 4.76. The number of carbonyl (C=O) groups is 1. The number of rotatable bonds is 6. The Bertz CT molecular complexity index is 917. The molecule has 8 heteroatoms. The van der Waals surface area contributed by atoms with Crippen molar-refractivity contribution in [2.24, 2.45) is 0 Å². The van der Waals surface area contributed by atoms with Crippen LogP contribution in [0.5, 0.6) is 0 Å². The van der Waals surface area contributed by atoms with E-state index < -0.39 is 16.0 Å². The Kier molecular flexibility index (Phi) is 6.16. The average molecular weight is 410 g/mol. The Labute approximate surface area is 163 Å². The lowest BCUT2D eigenvalue weighted by atomic mass is 10.1. The lowest BCUT2D eigenvalue weighted by Gasteiger charge is -2.32. The molecule has 0 bridgehead atoms. The highest BCUT2D eigenvalue weighted by molar-refractivity contribution is 7.89. The Balaban J connectivity index is 1.73. The minimum atomic E-state index is -3.82. The molecule has 0 amide bonds. The zero-order valence-corrected chi connectivity index (χ0v) is 16.1. The predicted molar refractivity (Wildman–Crippen MR) is 101 cm³/mol. The van der Waals surface area contributed by atoms with Crippen molar-refractivity contribution in [3.63, 3.8) is 0 Å². The SMILES string of the molecule is O=C(O)c1cc(S(=O)(=O)N2CCCC(OCc3ccccc3)C2)ccc1Cl. The number of carboxylic acid groups (broad SMARTS) is 1. The van der Waals surface area contributed by atoms with E-state index in [0.717, 1.165) is 18.1 Å². The summed E-state index contributed by atoms with van der Waals surface area (Å²) in [6.45, 7) is 1.03. The Hall–Kier alpha value is -1.93. The third-order valence-corrected chi connectivity index (χ3v) is 6.67. The highest BCUT2D eigenvalue weighted by Crippen LogP contribution is 2.26. The number of carboxylic acids is 1. The van der Waals surface area contributed by atoms with Crippen LogP contribution in [0.1, 0.15) is 28.8 Å². The van der Waals surface area contributed by atoms with Gasteiger partial charge in [0.1, 0.15) is 0 Å². The van der Waals surface area contributed by atoms with Crippen molar-refractivity contribution >= 4 is 27.6 Å². The van der Waals surface area contributed by atoms with Crippen LogP contribution in [0.2, 0.25) is 5.02 Å². The first-order valence-corrected chi connectivity index (χ1v) is 10.4. The van der Waals surface area contributed by atoms with Gasteiger partial charge in [-0.2, -0.15) is 4.31 Å². The molecule has 1 atom stereocenters. The molecule has 1 N–H and O–H groups in total. The van der Waals surface area contributed by atoms with E-state index in [1.807, 2.05) is 30.3 Å². The number of nitrogens with zero attached hydrogens (tertiary/aromatic N) is 1. The van der Waals surface area contributed by atoms with Crippen LogP contribution >= 0.6 is 11.6 Å². The Morgan fingerprint density at radius 1 is 1.22 bits per heavy atom. The number of hydrogen-bond donors (Lipinski definition) is 1. The topological polar surface area (TPSA) is 83.9 Å². The molecule has 1 saturated heterocycles. The molecule has 1 unspecified atom stereocenters. The standard InChI is InChI=1S/C19H20ClNO5S/c20-18-9-8-16(11-17(18)19(22)23)27(24,25)21-10-4-7-15(12-21)26-13-14-5-2-1-3-6-14/h1-3,5-6,8-9,11,15H,4,7,10,12-13H2,(H,22,23). The Morgan fingerprint density at radius 3 is 2.67 bits per heavy atom. The van der Waals surface area contributed by atoms with Crippen LogP contribution in [-0.4, -0.2) is 43.0 Å². The highest BCUT2D eigenvalue weighted by Gasteiger charge is 2.31. The normalized spacial score (nSPS) is 18.3. The molecule has 1 heterocycles. The smallest absolute Gasteiger partial charge is 0.337 e. The average Bonchev–Trinajstić information content (AvgIpc) is 2.67. The van der Waals surface area contributed by atoms with E-state index in [2.05, 4.69) is 0 Å². The fourth-order valence-electron chi connectivity index (χ4n) is 3.03. The monoisotopic (exact) mass is 409 g/mol. The summed E-state index contributed by atoms with van der Waals surface area (Å²) in [5, 5.41) is 9.18. The number of sulfonamides is 1. The zero-order valence-electron chi connectivity index (χ0n) is 14.5. The van der Waals surface area contributed by atoms with E-state index in [9.17, 15) is 18.3 Å². The highest BCUT2D eigenvalue weighted by atomic mass is 35.5. The van der Waals surface area contributed by atoms with Gasteiger partial charge in [0.25, 0.3) is 0 Å². The van der Waals surface area contributed by atoms with Gasteiger partial charge in [0, 0.05) is 13.1 Å². The molecule has 0 aliphatic carbocycles. The third kappa shape index (κ3) is 4.68. The van der Waals surface area contributed by atoms with E-state index >= 15 is 0 Å². The second-order valence-corrected chi connectivity index (χ2v) is 8.72. The van der Waals surface area contributed by atoms with Gasteiger partial charge in [-0.15, -0.1) is 0 Å². The summed E-state index contributed by atoms with van der Waals surface area (Å²) in [7, 11) is -3.82. The van der Waals surface area contributed by atoms with Crippen molar-refractivity contribution in [1.29, 1.82) is 0 Å². The lowest BCUT2D eigenvalue weighted by molar-refractivity contribution is 0.00811. The molecular formula is C19H20ClNO5S. The molecule has 0 aromatic heterocycles. The van der Waals surface area contributed by atoms with Crippen LogP contribution in [0, 0.1) is 0 Å². The predicted octanol–water partition coefficient (Wildman–Crippen LogP) is 3.41. The van der Waals surface area contributed by atoms with Gasteiger partial charge in [-0.3, -0.25) is 0 Å². The first kappa shape index (κ1) is 19.8. The molecule has 0 radical (unpaired) electrons. The summed E-state index contributed by atoms with van der Waals surface area (Å²) in [5.74, 6) is -1.26. The summed E-state index contributed by atoms with van der Waals surface area (Å²) >= 11 is 5.84. The van der Waals surface area contributed by atoms with Gasteiger partial charge in [0.2, 0.25) is 10.0 Å².